The highest BCUT2D eigenvalue weighted by molar-refractivity contribution is 4.92. The summed E-state index contributed by atoms with van der Waals surface area (Å²) >= 11 is 0. The van der Waals surface area contributed by atoms with E-state index in [0.717, 1.165) is 17.3 Å². The molecule has 0 aromatic carbocycles. The monoisotopic (exact) mass is 194 g/mol. The van der Waals surface area contributed by atoms with Crippen LogP contribution in [0, 0.1) is 17.3 Å². The Morgan fingerprint density at radius 3 is 2.07 bits per heavy atom. The Labute approximate surface area is 89.5 Å². The summed E-state index contributed by atoms with van der Waals surface area (Å²) in [6.07, 6.45) is 13.7. The van der Waals surface area contributed by atoms with E-state index in [2.05, 4.69) is 13.8 Å². The van der Waals surface area contributed by atoms with Crippen molar-refractivity contribution in [2.45, 2.75) is 71.6 Å². The molecule has 2 aliphatic rings. The molecule has 0 aliphatic heterocycles. The molecule has 2 aliphatic carbocycles. The fraction of sp³-hybridized carbons (Fsp3) is 1.00. The van der Waals surface area contributed by atoms with E-state index in [4.69, 9.17) is 0 Å². The molecular formula is C14H26. The molecule has 0 unspecified atom stereocenters. The van der Waals surface area contributed by atoms with Crippen molar-refractivity contribution in [2.75, 3.05) is 0 Å². The molecule has 2 saturated carbocycles. The standard InChI is InChI=1S/C14H26/c1-12(2)14(9-6-10-14)11-13-7-4-3-5-8-13/h12-13H,3-11H2,1-2H3. The van der Waals surface area contributed by atoms with Gasteiger partial charge >= 0.3 is 0 Å². The minimum Gasteiger partial charge on any atom is -0.0622 e. The Balaban J connectivity index is 1.87. The molecule has 2 fully saturated rings. The van der Waals surface area contributed by atoms with Crippen molar-refractivity contribution in [2.24, 2.45) is 17.3 Å². The normalized spacial score (nSPS) is 27.6. The molecule has 0 bridgehead atoms. The van der Waals surface area contributed by atoms with Gasteiger partial charge in [-0.1, -0.05) is 52.4 Å². The van der Waals surface area contributed by atoms with Gasteiger partial charge in [0.15, 0.2) is 0 Å². The number of hydrogen-bond donors (Lipinski definition) is 0. The quantitative estimate of drug-likeness (QED) is 0.606. The SMILES string of the molecule is CC(C)C1(CC2CCCCC2)CCC1. The average molecular weight is 194 g/mol. The predicted octanol–water partition coefficient (Wildman–Crippen LogP) is 4.78. The summed E-state index contributed by atoms with van der Waals surface area (Å²) < 4.78 is 0. The van der Waals surface area contributed by atoms with E-state index >= 15 is 0 Å². The van der Waals surface area contributed by atoms with Crippen LogP contribution >= 0.6 is 0 Å². The van der Waals surface area contributed by atoms with E-state index in [9.17, 15) is 0 Å². The van der Waals surface area contributed by atoms with Crippen molar-refractivity contribution in [3.63, 3.8) is 0 Å². The molecule has 2 rings (SSSR count). The fourth-order valence-corrected chi connectivity index (χ4v) is 3.61. The first-order valence-electron chi connectivity index (χ1n) is 6.73. The third-order valence-electron chi connectivity index (χ3n) is 4.99. The van der Waals surface area contributed by atoms with Gasteiger partial charge in [0.25, 0.3) is 0 Å². The first-order valence-corrected chi connectivity index (χ1v) is 6.73. The summed E-state index contributed by atoms with van der Waals surface area (Å²) in [5.41, 5.74) is 0.780. The molecule has 0 amide bonds. The summed E-state index contributed by atoms with van der Waals surface area (Å²) in [5.74, 6) is 2.02. The van der Waals surface area contributed by atoms with E-state index in [0.29, 0.717) is 0 Å². The van der Waals surface area contributed by atoms with Crippen LogP contribution in [0.2, 0.25) is 0 Å². The van der Waals surface area contributed by atoms with Crippen molar-refractivity contribution in [1.82, 2.24) is 0 Å². The van der Waals surface area contributed by atoms with Crippen LogP contribution in [0.4, 0.5) is 0 Å². The lowest BCUT2D eigenvalue weighted by atomic mass is 9.57. The maximum absolute atomic E-state index is 2.45. The highest BCUT2D eigenvalue weighted by Gasteiger charge is 2.41. The summed E-state index contributed by atoms with van der Waals surface area (Å²) in [6.45, 7) is 4.89. The van der Waals surface area contributed by atoms with Gasteiger partial charge in [-0.3, -0.25) is 0 Å². The van der Waals surface area contributed by atoms with Gasteiger partial charge in [-0.05, 0) is 36.5 Å². The van der Waals surface area contributed by atoms with Crippen LogP contribution in [-0.4, -0.2) is 0 Å². The smallest absolute Gasteiger partial charge is 0.0272 e. The molecular weight excluding hydrogens is 168 g/mol. The van der Waals surface area contributed by atoms with E-state index in [1.807, 2.05) is 0 Å². The van der Waals surface area contributed by atoms with Gasteiger partial charge < -0.3 is 0 Å². The Bertz CT molecular complexity index is 170. The Morgan fingerprint density at radius 1 is 1.00 bits per heavy atom. The number of hydrogen-bond acceptors (Lipinski definition) is 0. The van der Waals surface area contributed by atoms with E-state index in [1.54, 1.807) is 6.42 Å². The molecule has 14 heavy (non-hydrogen) atoms. The van der Waals surface area contributed by atoms with E-state index in [1.165, 1.54) is 51.4 Å². The summed E-state index contributed by atoms with van der Waals surface area (Å²) in [5, 5.41) is 0. The van der Waals surface area contributed by atoms with Gasteiger partial charge in [-0.25, -0.2) is 0 Å². The maximum atomic E-state index is 2.45. The van der Waals surface area contributed by atoms with Gasteiger partial charge in [0, 0.05) is 0 Å². The second kappa shape index (κ2) is 4.24. The summed E-state index contributed by atoms with van der Waals surface area (Å²) in [7, 11) is 0. The lowest BCUT2D eigenvalue weighted by Gasteiger charge is -2.48. The van der Waals surface area contributed by atoms with Crippen molar-refractivity contribution in [3.8, 4) is 0 Å². The third-order valence-corrected chi connectivity index (χ3v) is 4.99. The first kappa shape index (κ1) is 10.5. The largest absolute Gasteiger partial charge is 0.0622 e. The molecule has 82 valence electrons. The topological polar surface area (TPSA) is 0 Å². The number of rotatable bonds is 3. The third kappa shape index (κ3) is 1.99. The van der Waals surface area contributed by atoms with Crippen LogP contribution in [0.15, 0.2) is 0 Å². The van der Waals surface area contributed by atoms with Crippen molar-refractivity contribution in [1.29, 1.82) is 0 Å². The molecule has 0 heterocycles. The zero-order valence-electron chi connectivity index (χ0n) is 10.0. The van der Waals surface area contributed by atoms with Gasteiger partial charge in [-0.15, -0.1) is 0 Å². The molecule has 0 N–H and O–H groups in total. The van der Waals surface area contributed by atoms with Crippen LogP contribution in [-0.2, 0) is 0 Å². The lowest BCUT2D eigenvalue weighted by molar-refractivity contribution is 0.0295. The second-order valence-electron chi connectivity index (χ2n) is 6.08. The van der Waals surface area contributed by atoms with Gasteiger partial charge in [0.1, 0.15) is 0 Å². The van der Waals surface area contributed by atoms with E-state index in [-0.39, 0.29) is 0 Å². The van der Waals surface area contributed by atoms with Crippen molar-refractivity contribution < 1.29 is 0 Å². The van der Waals surface area contributed by atoms with Crippen LogP contribution < -0.4 is 0 Å². The van der Waals surface area contributed by atoms with Crippen LogP contribution in [0.5, 0.6) is 0 Å². The van der Waals surface area contributed by atoms with Crippen molar-refractivity contribution in [3.05, 3.63) is 0 Å². The fourth-order valence-electron chi connectivity index (χ4n) is 3.61. The molecule has 0 saturated heterocycles. The lowest BCUT2D eigenvalue weighted by Crippen LogP contribution is -2.37. The zero-order chi connectivity index (χ0) is 10.0. The molecule has 0 spiro atoms. The first-order chi connectivity index (χ1) is 6.73. The van der Waals surface area contributed by atoms with Crippen molar-refractivity contribution >= 4 is 0 Å². The van der Waals surface area contributed by atoms with Crippen LogP contribution in [0.1, 0.15) is 71.6 Å². The molecule has 0 aromatic rings. The highest BCUT2D eigenvalue weighted by atomic mass is 14.5. The van der Waals surface area contributed by atoms with Gasteiger partial charge in [0.05, 0.1) is 0 Å². The summed E-state index contributed by atoms with van der Waals surface area (Å²) in [4.78, 5) is 0. The second-order valence-corrected chi connectivity index (χ2v) is 6.08. The van der Waals surface area contributed by atoms with Gasteiger partial charge in [0.2, 0.25) is 0 Å². The van der Waals surface area contributed by atoms with E-state index < -0.39 is 0 Å². The van der Waals surface area contributed by atoms with Crippen LogP contribution in [0.25, 0.3) is 0 Å². The molecule has 0 heteroatoms. The Kier molecular flexibility index (Phi) is 3.19. The minimum absolute atomic E-state index is 0.780. The van der Waals surface area contributed by atoms with Gasteiger partial charge in [-0.2, -0.15) is 0 Å². The zero-order valence-corrected chi connectivity index (χ0v) is 10.0. The Morgan fingerprint density at radius 2 is 1.64 bits per heavy atom. The molecule has 0 atom stereocenters. The maximum Gasteiger partial charge on any atom is -0.0272 e. The highest BCUT2D eigenvalue weighted by Crippen LogP contribution is 2.52. The molecule has 0 nitrogen and oxygen atoms in total. The minimum atomic E-state index is 0.780. The molecule has 0 radical (unpaired) electrons. The van der Waals surface area contributed by atoms with Crippen LogP contribution in [0.3, 0.4) is 0 Å². The molecule has 0 aromatic heterocycles. The predicted molar refractivity (Wildman–Crippen MR) is 62.3 cm³/mol. The Hall–Kier alpha value is 0. The average Bonchev–Trinajstić information content (AvgIpc) is 2.12. The summed E-state index contributed by atoms with van der Waals surface area (Å²) in [6, 6.07) is 0.